The maximum Gasteiger partial charge on any atom is 0.265 e. The number of para-hydroxylation sites is 2. The van der Waals surface area contributed by atoms with Gasteiger partial charge in [-0.25, -0.2) is 17.2 Å². The van der Waals surface area contributed by atoms with Gasteiger partial charge in [0.05, 0.1) is 12.8 Å². The van der Waals surface area contributed by atoms with E-state index in [4.69, 9.17) is 10.5 Å². The third kappa shape index (κ3) is 3.05. The molecule has 0 radical (unpaired) electrons. The van der Waals surface area contributed by atoms with Gasteiger partial charge < -0.3 is 10.5 Å². The van der Waals surface area contributed by atoms with Gasteiger partial charge >= 0.3 is 0 Å². The van der Waals surface area contributed by atoms with Crippen molar-refractivity contribution in [1.29, 1.82) is 0 Å². The predicted molar refractivity (Wildman–Crippen MR) is 74.6 cm³/mol. The second-order valence-electron chi connectivity index (χ2n) is 4.12. The lowest BCUT2D eigenvalue weighted by Gasteiger charge is -2.12. The number of hydrogen-bond donors (Lipinski definition) is 2. The van der Waals surface area contributed by atoms with Gasteiger partial charge in [-0.3, -0.25) is 4.72 Å². The molecule has 0 spiro atoms. The zero-order chi connectivity index (χ0) is 15.6. The molecule has 2 aromatic carbocycles. The summed E-state index contributed by atoms with van der Waals surface area (Å²) in [6.45, 7) is 0. The molecule has 0 fully saturated rings. The number of rotatable bonds is 4. The van der Waals surface area contributed by atoms with Gasteiger partial charge in [0.1, 0.15) is 10.6 Å². The Morgan fingerprint density at radius 1 is 1.19 bits per heavy atom. The number of sulfonamides is 1. The van der Waals surface area contributed by atoms with Crippen LogP contribution in [0.4, 0.5) is 20.2 Å². The monoisotopic (exact) mass is 314 g/mol. The van der Waals surface area contributed by atoms with Crippen LogP contribution in [0.2, 0.25) is 0 Å². The molecule has 0 aliphatic heterocycles. The molecule has 8 heteroatoms. The smallest absolute Gasteiger partial charge is 0.265 e. The SMILES string of the molecule is COc1ccccc1NS(=O)(=O)c1cc(N)cc(F)c1F. The molecule has 0 saturated heterocycles. The fraction of sp³-hybridized carbons (Fsp3) is 0.0769. The van der Waals surface area contributed by atoms with Crippen molar-refractivity contribution in [1.82, 2.24) is 0 Å². The normalized spacial score (nSPS) is 11.2. The van der Waals surface area contributed by atoms with Crippen LogP contribution in [0, 0.1) is 11.6 Å². The Kier molecular flexibility index (Phi) is 3.99. The number of hydrogen-bond acceptors (Lipinski definition) is 4. The molecule has 2 rings (SSSR count). The Hall–Kier alpha value is -2.35. The van der Waals surface area contributed by atoms with E-state index in [0.29, 0.717) is 6.07 Å². The predicted octanol–water partition coefficient (Wildman–Crippen LogP) is 2.36. The number of nitrogen functional groups attached to an aromatic ring is 1. The van der Waals surface area contributed by atoms with Crippen molar-refractivity contribution in [3.8, 4) is 5.75 Å². The van der Waals surface area contributed by atoms with Gasteiger partial charge in [-0.15, -0.1) is 0 Å². The largest absolute Gasteiger partial charge is 0.495 e. The Bertz CT molecular complexity index is 779. The minimum atomic E-state index is -4.35. The van der Waals surface area contributed by atoms with Gasteiger partial charge in [0, 0.05) is 5.69 Å². The van der Waals surface area contributed by atoms with Crippen molar-refractivity contribution >= 4 is 21.4 Å². The van der Waals surface area contributed by atoms with Crippen LogP contribution in [0.5, 0.6) is 5.75 Å². The molecule has 2 aromatic rings. The fourth-order valence-electron chi connectivity index (χ4n) is 1.71. The molecular formula is C13H12F2N2O3S. The van der Waals surface area contributed by atoms with E-state index in [1.807, 2.05) is 0 Å². The topological polar surface area (TPSA) is 81.4 Å². The van der Waals surface area contributed by atoms with Gasteiger partial charge in [-0.2, -0.15) is 0 Å². The molecule has 112 valence electrons. The van der Waals surface area contributed by atoms with Crippen LogP contribution in [0.25, 0.3) is 0 Å². The maximum atomic E-state index is 13.7. The van der Waals surface area contributed by atoms with Crippen molar-refractivity contribution in [2.45, 2.75) is 4.90 Å². The molecule has 0 aliphatic carbocycles. The average Bonchev–Trinajstić information content (AvgIpc) is 2.43. The molecule has 0 bridgehead atoms. The summed E-state index contributed by atoms with van der Waals surface area (Å²) in [7, 11) is -2.99. The molecule has 0 atom stereocenters. The number of nitrogens with one attached hydrogen (secondary N) is 1. The van der Waals surface area contributed by atoms with Crippen molar-refractivity contribution in [2.75, 3.05) is 17.6 Å². The van der Waals surface area contributed by atoms with Crippen LogP contribution in [0.1, 0.15) is 0 Å². The van der Waals surface area contributed by atoms with Crippen LogP contribution in [0.15, 0.2) is 41.3 Å². The van der Waals surface area contributed by atoms with Gasteiger partial charge in [-0.05, 0) is 24.3 Å². The molecule has 0 aliphatic rings. The lowest BCUT2D eigenvalue weighted by Crippen LogP contribution is -2.16. The van der Waals surface area contributed by atoms with Crippen LogP contribution >= 0.6 is 0 Å². The van der Waals surface area contributed by atoms with E-state index < -0.39 is 26.6 Å². The third-order valence-electron chi connectivity index (χ3n) is 2.66. The second-order valence-corrected chi connectivity index (χ2v) is 5.77. The first-order chi connectivity index (χ1) is 9.85. The van der Waals surface area contributed by atoms with E-state index in [-0.39, 0.29) is 17.1 Å². The highest BCUT2D eigenvalue weighted by molar-refractivity contribution is 7.92. The summed E-state index contributed by atoms with van der Waals surface area (Å²) in [5.41, 5.74) is 5.25. The van der Waals surface area contributed by atoms with E-state index in [1.54, 1.807) is 12.1 Å². The third-order valence-corrected chi connectivity index (χ3v) is 4.02. The van der Waals surface area contributed by atoms with Crippen LogP contribution < -0.4 is 15.2 Å². The van der Waals surface area contributed by atoms with E-state index in [9.17, 15) is 17.2 Å². The number of ether oxygens (including phenoxy) is 1. The summed E-state index contributed by atoms with van der Waals surface area (Å²) < 4.78 is 58.4. The molecule has 0 aromatic heterocycles. The summed E-state index contributed by atoms with van der Waals surface area (Å²) in [5, 5.41) is 0. The van der Waals surface area contributed by atoms with E-state index >= 15 is 0 Å². The lowest BCUT2D eigenvalue weighted by molar-refractivity contribution is 0.417. The van der Waals surface area contributed by atoms with Crippen molar-refractivity contribution in [2.24, 2.45) is 0 Å². The molecular weight excluding hydrogens is 302 g/mol. The molecule has 0 heterocycles. The van der Waals surface area contributed by atoms with Crippen molar-refractivity contribution in [3.05, 3.63) is 48.0 Å². The van der Waals surface area contributed by atoms with Gasteiger partial charge in [-0.1, -0.05) is 12.1 Å². The van der Waals surface area contributed by atoms with Crippen molar-refractivity contribution < 1.29 is 21.9 Å². The average molecular weight is 314 g/mol. The maximum absolute atomic E-state index is 13.7. The number of benzene rings is 2. The summed E-state index contributed by atoms with van der Waals surface area (Å²) in [6.07, 6.45) is 0. The zero-order valence-corrected chi connectivity index (χ0v) is 11.7. The number of nitrogens with two attached hydrogens (primary N) is 1. The molecule has 5 nitrogen and oxygen atoms in total. The Morgan fingerprint density at radius 3 is 2.52 bits per heavy atom. The van der Waals surface area contributed by atoms with E-state index in [2.05, 4.69) is 4.72 Å². The summed E-state index contributed by atoms with van der Waals surface area (Å²) >= 11 is 0. The minimum Gasteiger partial charge on any atom is -0.495 e. The quantitative estimate of drug-likeness (QED) is 0.849. The first-order valence-electron chi connectivity index (χ1n) is 5.75. The minimum absolute atomic E-state index is 0.0993. The molecule has 0 unspecified atom stereocenters. The Labute approximate surface area is 120 Å². The van der Waals surface area contributed by atoms with Crippen LogP contribution in [-0.4, -0.2) is 15.5 Å². The van der Waals surface area contributed by atoms with E-state index in [0.717, 1.165) is 6.07 Å². The molecule has 21 heavy (non-hydrogen) atoms. The van der Waals surface area contributed by atoms with Crippen LogP contribution in [0.3, 0.4) is 0 Å². The zero-order valence-electron chi connectivity index (χ0n) is 10.9. The standard InChI is InChI=1S/C13H12F2N2O3S/c1-20-11-5-3-2-4-10(11)17-21(18,19)12-7-8(16)6-9(14)13(12)15/h2-7,17H,16H2,1H3. The molecule has 0 amide bonds. The summed E-state index contributed by atoms with van der Waals surface area (Å²) in [4.78, 5) is -0.870. The first-order valence-corrected chi connectivity index (χ1v) is 7.24. The van der Waals surface area contributed by atoms with Crippen LogP contribution in [-0.2, 0) is 10.0 Å². The highest BCUT2D eigenvalue weighted by atomic mass is 32.2. The molecule has 3 N–H and O–H groups in total. The van der Waals surface area contributed by atoms with Gasteiger partial charge in [0.15, 0.2) is 11.6 Å². The Morgan fingerprint density at radius 2 is 1.86 bits per heavy atom. The fourth-order valence-corrected chi connectivity index (χ4v) is 2.90. The first kappa shape index (κ1) is 15.0. The van der Waals surface area contributed by atoms with E-state index in [1.165, 1.54) is 19.2 Å². The Balaban J connectivity index is 2.49. The molecule has 0 saturated carbocycles. The number of anilines is 2. The van der Waals surface area contributed by atoms with Gasteiger partial charge in [0.25, 0.3) is 10.0 Å². The highest BCUT2D eigenvalue weighted by Crippen LogP contribution is 2.28. The number of methoxy groups -OCH3 is 1. The van der Waals surface area contributed by atoms with Crippen molar-refractivity contribution in [3.63, 3.8) is 0 Å². The lowest BCUT2D eigenvalue weighted by atomic mass is 10.3. The summed E-state index contributed by atoms with van der Waals surface area (Å²) in [6, 6.07) is 7.70. The van der Waals surface area contributed by atoms with Gasteiger partial charge in [0.2, 0.25) is 0 Å². The summed E-state index contributed by atoms with van der Waals surface area (Å²) in [5.74, 6) is -2.59. The second kappa shape index (κ2) is 5.57. The highest BCUT2D eigenvalue weighted by Gasteiger charge is 2.23. The number of halogens is 2.